The lowest BCUT2D eigenvalue weighted by Gasteiger charge is -2.19. The number of aromatic amines is 1. The lowest BCUT2D eigenvalue weighted by Crippen LogP contribution is -2.32. The van der Waals surface area contributed by atoms with E-state index < -0.39 is 11.7 Å². The van der Waals surface area contributed by atoms with Crippen molar-refractivity contribution in [1.82, 2.24) is 15.3 Å². The number of fused-ring (bicyclic) bond motifs is 1. The molecule has 0 aliphatic carbocycles. The number of carbonyl (C=O) groups excluding carboxylic acids is 1. The summed E-state index contributed by atoms with van der Waals surface area (Å²) in [6.07, 6.45) is -0.467. The van der Waals surface area contributed by atoms with Gasteiger partial charge in [0.05, 0.1) is 17.6 Å². The molecule has 0 aliphatic heterocycles. The molecule has 116 valence electrons. The first-order chi connectivity index (χ1) is 9.83. The second kappa shape index (κ2) is 7.31. The molecule has 0 atom stereocenters. The Kier molecular flexibility index (Phi) is 6.03. The maximum absolute atomic E-state index is 11.5. The van der Waals surface area contributed by atoms with Gasteiger partial charge < -0.3 is 15.0 Å². The van der Waals surface area contributed by atoms with Crippen LogP contribution in [0.1, 0.15) is 40.4 Å². The molecule has 1 heterocycles. The van der Waals surface area contributed by atoms with Gasteiger partial charge in [-0.25, -0.2) is 9.78 Å². The summed E-state index contributed by atoms with van der Waals surface area (Å²) in [7, 11) is 0. The number of amides is 1. The summed E-state index contributed by atoms with van der Waals surface area (Å²) in [6.45, 7) is 9.72. The zero-order valence-corrected chi connectivity index (χ0v) is 13.8. The number of ether oxygens (including phenoxy) is 1. The van der Waals surface area contributed by atoms with Crippen LogP contribution in [-0.4, -0.2) is 21.7 Å². The molecule has 2 rings (SSSR count). The largest absolute Gasteiger partial charge is 0.444 e. The van der Waals surface area contributed by atoms with Crippen LogP contribution in [0.5, 0.6) is 0 Å². The quantitative estimate of drug-likeness (QED) is 0.870. The molecule has 0 bridgehead atoms. The van der Waals surface area contributed by atoms with Gasteiger partial charge in [-0.05, 0) is 39.0 Å². The number of aromatic nitrogens is 2. The third-order valence-electron chi connectivity index (χ3n) is 2.29. The highest BCUT2D eigenvalue weighted by atomic mass is 35.5. The predicted molar refractivity (Wildman–Crippen MR) is 85.5 cm³/mol. The number of benzene rings is 1. The predicted octanol–water partition coefficient (Wildman–Crippen LogP) is 4.27. The molecule has 1 aromatic carbocycles. The smallest absolute Gasteiger partial charge is 0.408 e. The van der Waals surface area contributed by atoms with Crippen molar-refractivity contribution >= 4 is 28.7 Å². The Morgan fingerprint density at radius 3 is 2.67 bits per heavy atom. The number of nitrogens with one attached hydrogen (secondary N) is 2. The molecule has 2 N–H and O–H groups in total. The summed E-state index contributed by atoms with van der Waals surface area (Å²) in [5.74, 6) is 0.656. The van der Waals surface area contributed by atoms with E-state index in [2.05, 4.69) is 15.3 Å². The highest BCUT2D eigenvalue weighted by molar-refractivity contribution is 6.31. The lowest BCUT2D eigenvalue weighted by molar-refractivity contribution is 0.0522. The second-order valence-corrected chi connectivity index (χ2v) is 5.64. The maximum Gasteiger partial charge on any atom is 0.408 e. The van der Waals surface area contributed by atoms with E-state index in [9.17, 15) is 4.79 Å². The van der Waals surface area contributed by atoms with Gasteiger partial charge >= 0.3 is 6.09 Å². The fourth-order valence-corrected chi connectivity index (χ4v) is 1.76. The minimum atomic E-state index is -0.508. The van der Waals surface area contributed by atoms with E-state index in [4.69, 9.17) is 16.3 Å². The van der Waals surface area contributed by atoms with Crippen LogP contribution in [0.4, 0.5) is 4.79 Å². The van der Waals surface area contributed by atoms with Crippen molar-refractivity contribution in [1.29, 1.82) is 0 Å². The van der Waals surface area contributed by atoms with E-state index in [0.717, 1.165) is 11.0 Å². The molecule has 0 fully saturated rings. The molecule has 1 aromatic heterocycles. The van der Waals surface area contributed by atoms with Crippen molar-refractivity contribution in [2.75, 3.05) is 0 Å². The van der Waals surface area contributed by atoms with Gasteiger partial charge in [0.1, 0.15) is 11.4 Å². The van der Waals surface area contributed by atoms with Crippen molar-refractivity contribution in [3.05, 3.63) is 29.0 Å². The van der Waals surface area contributed by atoms with E-state index in [1.807, 2.05) is 40.7 Å². The molecule has 0 unspecified atom stereocenters. The van der Waals surface area contributed by atoms with Gasteiger partial charge in [0.15, 0.2) is 0 Å². The number of alkyl carbamates (subject to hydrolysis) is 1. The Bertz CT molecular complexity index is 602. The SMILES string of the molecule is CC.CC(C)(C)OC(=O)NCc1nc2ccc(Cl)cc2[nH]1. The highest BCUT2D eigenvalue weighted by Gasteiger charge is 2.16. The first-order valence-corrected chi connectivity index (χ1v) is 7.32. The number of halogens is 1. The van der Waals surface area contributed by atoms with Gasteiger partial charge in [-0.3, -0.25) is 0 Å². The molecule has 0 aliphatic rings. The number of nitrogens with zero attached hydrogens (tertiary/aromatic N) is 1. The Morgan fingerprint density at radius 1 is 1.38 bits per heavy atom. The third kappa shape index (κ3) is 5.63. The van der Waals surface area contributed by atoms with Crippen molar-refractivity contribution < 1.29 is 9.53 Å². The van der Waals surface area contributed by atoms with Crippen LogP contribution < -0.4 is 5.32 Å². The second-order valence-electron chi connectivity index (χ2n) is 5.20. The van der Waals surface area contributed by atoms with Gasteiger partial charge in [-0.15, -0.1) is 0 Å². The van der Waals surface area contributed by atoms with Crippen molar-refractivity contribution in [3.8, 4) is 0 Å². The fraction of sp³-hybridized carbons (Fsp3) is 0.467. The number of H-pyrrole nitrogens is 1. The van der Waals surface area contributed by atoms with Gasteiger partial charge in [-0.1, -0.05) is 25.4 Å². The van der Waals surface area contributed by atoms with Crippen molar-refractivity contribution in [2.45, 2.75) is 46.8 Å². The molecule has 1 amide bonds. The molecule has 21 heavy (non-hydrogen) atoms. The minimum absolute atomic E-state index is 0.279. The van der Waals surface area contributed by atoms with Crippen LogP contribution in [0.2, 0.25) is 5.02 Å². The number of hydrogen-bond acceptors (Lipinski definition) is 3. The highest BCUT2D eigenvalue weighted by Crippen LogP contribution is 2.17. The Hall–Kier alpha value is -1.75. The van der Waals surface area contributed by atoms with Crippen molar-refractivity contribution in [2.24, 2.45) is 0 Å². The monoisotopic (exact) mass is 311 g/mol. The summed E-state index contributed by atoms with van der Waals surface area (Å²) in [5, 5.41) is 3.28. The maximum atomic E-state index is 11.5. The average molecular weight is 312 g/mol. The molecule has 6 heteroatoms. The number of rotatable bonds is 2. The van der Waals surface area contributed by atoms with E-state index in [1.165, 1.54) is 0 Å². The lowest BCUT2D eigenvalue weighted by atomic mass is 10.2. The zero-order valence-electron chi connectivity index (χ0n) is 13.1. The molecular formula is C15H22ClN3O2. The summed E-state index contributed by atoms with van der Waals surface area (Å²) >= 11 is 5.89. The zero-order chi connectivity index (χ0) is 16.0. The molecule has 0 saturated carbocycles. The first-order valence-electron chi connectivity index (χ1n) is 6.94. The van der Waals surface area contributed by atoms with Crippen LogP contribution >= 0.6 is 11.6 Å². The van der Waals surface area contributed by atoms with E-state index >= 15 is 0 Å². The standard InChI is InChI=1S/C13H16ClN3O2.C2H6/c1-13(2,3)19-12(18)15-7-11-16-9-5-4-8(14)6-10(9)17-11;1-2/h4-6H,7H2,1-3H3,(H,15,18)(H,16,17);1-2H3. The molecular weight excluding hydrogens is 290 g/mol. The number of carbonyl (C=O) groups is 1. The summed E-state index contributed by atoms with van der Waals surface area (Å²) in [6, 6.07) is 5.39. The number of hydrogen-bond donors (Lipinski definition) is 2. The Balaban J connectivity index is 0.00000106. The third-order valence-corrected chi connectivity index (χ3v) is 2.53. The minimum Gasteiger partial charge on any atom is -0.444 e. The topological polar surface area (TPSA) is 67.0 Å². The van der Waals surface area contributed by atoms with Crippen LogP contribution in [0.25, 0.3) is 11.0 Å². The van der Waals surface area contributed by atoms with E-state index in [1.54, 1.807) is 12.1 Å². The first kappa shape index (κ1) is 17.3. The van der Waals surface area contributed by atoms with Gasteiger partial charge in [0, 0.05) is 5.02 Å². The summed E-state index contributed by atoms with van der Waals surface area (Å²) in [4.78, 5) is 18.9. The molecule has 0 spiro atoms. The van der Waals surface area contributed by atoms with Gasteiger partial charge in [-0.2, -0.15) is 0 Å². The van der Waals surface area contributed by atoms with E-state index in [0.29, 0.717) is 10.8 Å². The van der Waals surface area contributed by atoms with Crippen LogP contribution in [0.15, 0.2) is 18.2 Å². The fourth-order valence-electron chi connectivity index (χ4n) is 1.59. The molecule has 0 saturated heterocycles. The Morgan fingerprint density at radius 2 is 2.05 bits per heavy atom. The average Bonchev–Trinajstić information content (AvgIpc) is 2.78. The van der Waals surface area contributed by atoms with E-state index in [-0.39, 0.29) is 6.54 Å². The summed E-state index contributed by atoms with van der Waals surface area (Å²) < 4.78 is 5.14. The normalized spacial score (nSPS) is 10.8. The van der Waals surface area contributed by atoms with Crippen LogP contribution in [-0.2, 0) is 11.3 Å². The molecule has 5 nitrogen and oxygen atoms in total. The summed E-state index contributed by atoms with van der Waals surface area (Å²) in [5.41, 5.74) is 1.14. The van der Waals surface area contributed by atoms with Gasteiger partial charge in [0.25, 0.3) is 0 Å². The van der Waals surface area contributed by atoms with Crippen LogP contribution in [0, 0.1) is 0 Å². The molecule has 0 radical (unpaired) electrons. The molecule has 2 aromatic rings. The van der Waals surface area contributed by atoms with Crippen molar-refractivity contribution in [3.63, 3.8) is 0 Å². The number of imidazole rings is 1. The Labute approximate surface area is 130 Å². The van der Waals surface area contributed by atoms with Crippen LogP contribution in [0.3, 0.4) is 0 Å². The van der Waals surface area contributed by atoms with Gasteiger partial charge in [0.2, 0.25) is 0 Å².